The molecule has 4 aromatic rings. The summed E-state index contributed by atoms with van der Waals surface area (Å²) in [6.45, 7) is 6.76. The molecule has 0 amide bonds. The number of anilines is 2. The van der Waals surface area contributed by atoms with Crippen molar-refractivity contribution in [1.29, 1.82) is 0 Å². The summed E-state index contributed by atoms with van der Waals surface area (Å²) >= 11 is 0. The van der Waals surface area contributed by atoms with Gasteiger partial charge in [0.15, 0.2) is 23.0 Å². The predicted molar refractivity (Wildman–Crippen MR) is 127 cm³/mol. The molecule has 4 heterocycles. The second-order valence-electron chi connectivity index (χ2n) is 9.57. The number of aliphatic hydroxyl groups excluding tert-OH is 1. The predicted octanol–water partition coefficient (Wildman–Crippen LogP) is 2.70. The van der Waals surface area contributed by atoms with Gasteiger partial charge < -0.3 is 20.5 Å². The van der Waals surface area contributed by atoms with E-state index in [4.69, 9.17) is 15.5 Å². The summed E-state index contributed by atoms with van der Waals surface area (Å²) in [5.41, 5.74) is 7.64. The highest BCUT2D eigenvalue weighted by atomic mass is 19.1. The first-order chi connectivity index (χ1) is 16.2. The highest BCUT2D eigenvalue weighted by molar-refractivity contribution is 5.93. The molecule has 0 spiro atoms. The zero-order valence-electron chi connectivity index (χ0n) is 19.7. The van der Waals surface area contributed by atoms with Gasteiger partial charge in [-0.2, -0.15) is 9.61 Å². The monoisotopic (exact) mass is 468 g/mol. The fraction of sp³-hybridized carbons (Fsp3) is 0.478. The van der Waals surface area contributed by atoms with Crippen LogP contribution in [0.1, 0.15) is 45.4 Å². The number of hydrogen-bond acceptors (Lipinski definition) is 8. The molecule has 0 bridgehead atoms. The van der Waals surface area contributed by atoms with Crippen molar-refractivity contribution >= 4 is 28.2 Å². The maximum absolute atomic E-state index is 14.4. The van der Waals surface area contributed by atoms with Gasteiger partial charge in [-0.05, 0) is 39.7 Å². The van der Waals surface area contributed by atoms with E-state index in [0.29, 0.717) is 35.0 Å². The Morgan fingerprint density at radius 1 is 1.26 bits per heavy atom. The van der Waals surface area contributed by atoms with E-state index >= 15 is 0 Å². The molecular formula is C23H29FN8O2. The average molecular weight is 469 g/mol. The van der Waals surface area contributed by atoms with Gasteiger partial charge in [-0.25, -0.2) is 14.4 Å². The third-order valence-corrected chi connectivity index (χ3v) is 6.74. The molecule has 3 N–H and O–H groups in total. The van der Waals surface area contributed by atoms with Crippen molar-refractivity contribution in [2.75, 3.05) is 30.9 Å². The second-order valence-corrected chi connectivity index (χ2v) is 9.57. The van der Waals surface area contributed by atoms with Crippen LogP contribution in [-0.4, -0.2) is 60.8 Å². The molecule has 1 aliphatic rings. The number of piperidine rings is 1. The average Bonchev–Trinajstić information content (AvgIpc) is 3.48. The number of fused-ring (bicyclic) bond motifs is 3. The molecule has 34 heavy (non-hydrogen) atoms. The van der Waals surface area contributed by atoms with Crippen molar-refractivity contribution in [1.82, 2.24) is 29.4 Å². The largest absolute Gasteiger partial charge is 0.494 e. The van der Waals surface area contributed by atoms with E-state index in [1.165, 1.54) is 23.8 Å². The van der Waals surface area contributed by atoms with Crippen LogP contribution in [0.25, 0.3) is 16.6 Å². The van der Waals surface area contributed by atoms with Crippen molar-refractivity contribution in [3.05, 3.63) is 36.2 Å². The number of aromatic nitrogens is 6. The standard InChI is InChI=1S/C23H29FN8O2/c1-13-5-6-14(10-30(13)15-9-26-31(11-15)23(2,3)12-33)20-28-21-16-7-17(24)19(34-4)8-18(16)27-22(25)32(21)29-20/h7-9,11,13-14,33H,5-6,10,12H2,1-4H3,(H2,25,27). The smallest absolute Gasteiger partial charge is 0.223 e. The Kier molecular flexibility index (Phi) is 5.31. The highest BCUT2D eigenvalue weighted by Crippen LogP contribution is 2.34. The molecule has 5 rings (SSSR count). The summed E-state index contributed by atoms with van der Waals surface area (Å²) in [6, 6.07) is 3.20. The number of halogens is 1. The molecule has 1 fully saturated rings. The van der Waals surface area contributed by atoms with Crippen LogP contribution >= 0.6 is 0 Å². The molecule has 11 heteroatoms. The maximum atomic E-state index is 14.4. The van der Waals surface area contributed by atoms with Crippen LogP contribution in [0.3, 0.4) is 0 Å². The van der Waals surface area contributed by atoms with Crippen molar-refractivity contribution < 1.29 is 14.2 Å². The van der Waals surface area contributed by atoms with Crippen molar-refractivity contribution in [3.63, 3.8) is 0 Å². The third-order valence-electron chi connectivity index (χ3n) is 6.74. The van der Waals surface area contributed by atoms with E-state index in [9.17, 15) is 9.50 Å². The van der Waals surface area contributed by atoms with Crippen LogP contribution in [0, 0.1) is 5.82 Å². The summed E-state index contributed by atoms with van der Waals surface area (Å²) in [4.78, 5) is 11.4. The quantitative estimate of drug-likeness (QED) is 0.459. The van der Waals surface area contributed by atoms with Crippen molar-refractivity contribution in [3.8, 4) is 5.75 Å². The first kappa shape index (κ1) is 22.3. The lowest BCUT2D eigenvalue weighted by molar-refractivity contribution is 0.152. The van der Waals surface area contributed by atoms with Gasteiger partial charge in [0.25, 0.3) is 0 Å². The molecule has 1 aliphatic heterocycles. The summed E-state index contributed by atoms with van der Waals surface area (Å²) in [7, 11) is 1.41. The minimum Gasteiger partial charge on any atom is -0.494 e. The number of benzene rings is 1. The van der Waals surface area contributed by atoms with E-state index in [-0.39, 0.29) is 24.2 Å². The first-order valence-electron chi connectivity index (χ1n) is 11.3. The molecule has 0 aliphatic carbocycles. The van der Waals surface area contributed by atoms with Crippen molar-refractivity contribution in [2.24, 2.45) is 0 Å². The number of nitrogens with zero attached hydrogens (tertiary/aromatic N) is 7. The fourth-order valence-corrected chi connectivity index (χ4v) is 4.52. The van der Waals surface area contributed by atoms with E-state index in [2.05, 4.69) is 27.0 Å². The number of nitrogens with two attached hydrogens (primary N) is 1. The Hall–Kier alpha value is -3.47. The van der Waals surface area contributed by atoms with Crippen LogP contribution in [0.2, 0.25) is 0 Å². The molecule has 0 radical (unpaired) electrons. The fourth-order valence-electron chi connectivity index (χ4n) is 4.52. The normalized spacial score (nSPS) is 19.3. The number of aliphatic hydroxyl groups is 1. The van der Waals surface area contributed by atoms with Crippen LogP contribution in [-0.2, 0) is 5.54 Å². The van der Waals surface area contributed by atoms with E-state index in [1.54, 1.807) is 4.68 Å². The Morgan fingerprint density at radius 2 is 2.06 bits per heavy atom. The van der Waals surface area contributed by atoms with Gasteiger partial charge in [0, 0.05) is 36.2 Å². The van der Waals surface area contributed by atoms with E-state index < -0.39 is 11.4 Å². The Morgan fingerprint density at radius 3 is 2.79 bits per heavy atom. The maximum Gasteiger partial charge on any atom is 0.223 e. The molecule has 1 aromatic carbocycles. The minimum atomic E-state index is -0.492. The zero-order chi connectivity index (χ0) is 24.2. The molecule has 180 valence electrons. The Balaban J connectivity index is 1.50. The highest BCUT2D eigenvalue weighted by Gasteiger charge is 2.31. The molecular weight excluding hydrogens is 439 g/mol. The number of rotatable bonds is 5. The van der Waals surface area contributed by atoms with Gasteiger partial charge in [-0.1, -0.05) is 0 Å². The number of methoxy groups -OCH3 is 1. The first-order valence-corrected chi connectivity index (χ1v) is 11.3. The van der Waals surface area contributed by atoms with Gasteiger partial charge in [-0.15, -0.1) is 5.10 Å². The molecule has 10 nitrogen and oxygen atoms in total. The molecule has 3 aromatic heterocycles. The molecule has 2 atom stereocenters. The zero-order valence-corrected chi connectivity index (χ0v) is 19.7. The lowest BCUT2D eigenvalue weighted by Gasteiger charge is -2.38. The van der Waals surface area contributed by atoms with E-state index in [1.807, 2.05) is 26.2 Å². The lowest BCUT2D eigenvalue weighted by atomic mass is 9.92. The summed E-state index contributed by atoms with van der Waals surface area (Å²) in [5, 5.41) is 19.3. The van der Waals surface area contributed by atoms with Crippen LogP contribution in [0.15, 0.2) is 24.5 Å². The Bertz CT molecular complexity index is 1360. The second kappa shape index (κ2) is 8.08. The Labute approximate surface area is 196 Å². The SMILES string of the molecule is COc1cc2nc(N)n3nc(C4CCC(C)N(c5cnn(C(C)(C)CO)c5)C4)nc3c2cc1F. The van der Waals surface area contributed by atoms with Gasteiger partial charge in [0.2, 0.25) is 5.95 Å². The van der Waals surface area contributed by atoms with E-state index in [0.717, 1.165) is 18.5 Å². The molecule has 2 unspecified atom stereocenters. The minimum absolute atomic E-state index is 0.00660. The van der Waals surface area contributed by atoms with Crippen molar-refractivity contribution in [2.45, 2.75) is 51.1 Å². The lowest BCUT2D eigenvalue weighted by Crippen LogP contribution is -2.41. The number of hydrogen-bond donors (Lipinski definition) is 2. The van der Waals surface area contributed by atoms with Gasteiger partial charge in [0.1, 0.15) is 0 Å². The number of ether oxygens (including phenoxy) is 1. The topological polar surface area (TPSA) is 120 Å². The van der Waals surface area contributed by atoms with Crippen LogP contribution in [0.4, 0.5) is 16.0 Å². The third kappa shape index (κ3) is 3.60. The van der Waals surface area contributed by atoms with Crippen LogP contribution < -0.4 is 15.4 Å². The van der Waals surface area contributed by atoms with Gasteiger partial charge >= 0.3 is 0 Å². The van der Waals surface area contributed by atoms with Crippen LogP contribution in [0.5, 0.6) is 5.75 Å². The summed E-state index contributed by atoms with van der Waals surface area (Å²) < 4.78 is 22.8. The molecule has 1 saturated heterocycles. The van der Waals surface area contributed by atoms with Gasteiger partial charge in [-0.3, -0.25) is 4.68 Å². The summed E-state index contributed by atoms with van der Waals surface area (Å²) in [6.07, 6.45) is 5.67. The summed E-state index contributed by atoms with van der Waals surface area (Å²) in [5.74, 6) is 0.502. The number of nitrogen functional groups attached to an aromatic ring is 1. The van der Waals surface area contributed by atoms with Gasteiger partial charge in [0.05, 0.1) is 36.7 Å². The molecule has 0 saturated carbocycles.